The minimum Gasteiger partial charge on any atom is -0.337 e. The number of amides is 2. The zero-order chi connectivity index (χ0) is 18.1. The average Bonchev–Trinajstić information content (AvgIpc) is 3.23. The molecule has 1 atom stereocenters. The van der Waals surface area contributed by atoms with Gasteiger partial charge in [-0.2, -0.15) is 10.2 Å². The first-order chi connectivity index (χ1) is 12.6. The van der Waals surface area contributed by atoms with Crippen molar-refractivity contribution in [3.05, 3.63) is 23.9 Å². The minimum atomic E-state index is -0.621. The van der Waals surface area contributed by atoms with Gasteiger partial charge in [0.2, 0.25) is 5.82 Å². The van der Waals surface area contributed by atoms with Crippen LogP contribution < -0.4 is 10.2 Å². The lowest BCUT2D eigenvalue weighted by Gasteiger charge is -2.30. The van der Waals surface area contributed by atoms with Crippen LogP contribution in [0.4, 0.5) is 5.82 Å². The van der Waals surface area contributed by atoms with Gasteiger partial charge in [-0.25, -0.2) is 9.67 Å². The maximum Gasteiger partial charge on any atom is 0.289 e. The Morgan fingerprint density at radius 3 is 2.92 bits per heavy atom. The number of nitrogens with one attached hydrogen (secondary N) is 2. The lowest BCUT2D eigenvalue weighted by Crippen LogP contribution is -2.47. The fourth-order valence-electron chi connectivity index (χ4n) is 3.29. The normalized spacial score (nSPS) is 20.4. The van der Waals surface area contributed by atoms with E-state index < -0.39 is 11.9 Å². The Morgan fingerprint density at radius 1 is 1.38 bits per heavy atom. The van der Waals surface area contributed by atoms with Gasteiger partial charge in [0.1, 0.15) is 18.2 Å². The summed E-state index contributed by atoms with van der Waals surface area (Å²) >= 11 is 0. The predicted octanol–water partition coefficient (Wildman–Crippen LogP) is -0.585. The maximum atomic E-state index is 12.8. The predicted molar refractivity (Wildman–Crippen MR) is 92.7 cm³/mol. The first-order valence-corrected chi connectivity index (χ1v) is 8.84. The lowest BCUT2D eigenvalue weighted by molar-refractivity contribution is -0.120. The van der Waals surface area contributed by atoms with Crippen molar-refractivity contribution in [2.75, 3.05) is 31.6 Å². The van der Waals surface area contributed by atoms with Gasteiger partial charge < -0.3 is 10.2 Å². The molecule has 2 aliphatic heterocycles. The number of fused-ring (bicyclic) bond motifs is 1. The molecule has 2 aliphatic rings. The van der Waals surface area contributed by atoms with Crippen LogP contribution in [0.3, 0.4) is 0 Å². The van der Waals surface area contributed by atoms with Crippen LogP contribution in [0.15, 0.2) is 12.4 Å². The van der Waals surface area contributed by atoms with Crippen molar-refractivity contribution in [3.63, 3.8) is 0 Å². The number of hydrogen-bond acceptors (Lipinski definition) is 6. The molecule has 0 aromatic carbocycles. The molecule has 2 aromatic heterocycles. The molecule has 10 heteroatoms. The summed E-state index contributed by atoms with van der Waals surface area (Å²) in [7, 11) is 1.72. The number of aromatic amines is 1. The highest BCUT2D eigenvalue weighted by Gasteiger charge is 2.31. The van der Waals surface area contributed by atoms with Gasteiger partial charge in [0, 0.05) is 32.6 Å². The highest BCUT2D eigenvalue weighted by atomic mass is 16.2. The number of H-pyrrole nitrogens is 1. The molecule has 0 radical (unpaired) electrons. The van der Waals surface area contributed by atoms with Crippen molar-refractivity contribution >= 4 is 17.6 Å². The Balaban J connectivity index is 1.43. The van der Waals surface area contributed by atoms with Crippen molar-refractivity contribution in [3.8, 4) is 0 Å². The van der Waals surface area contributed by atoms with Crippen molar-refractivity contribution in [1.82, 2.24) is 35.2 Å². The van der Waals surface area contributed by atoms with Gasteiger partial charge in [0.15, 0.2) is 0 Å². The van der Waals surface area contributed by atoms with E-state index in [1.165, 1.54) is 25.8 Å². The number of carbonyl (C=O) groups excluding carboxylic acids is 2. The zero-order valence-corrected chi connectivity index (χ0v) is 14.7. The third-order valence-electron chi connectivity index (χ3n) is 4.98. The second-order valence-corrected chi connectivity index (χ2v) is 6.71. The van der Waals surface area contributed by atoms with Gasteiger partial charge in [0.25, 0.3) is 11.8 Å². The summed E-state index contributed by atoms with van der Waals surface area (Å²) in [4.78, 5) is 32.7. The quantitative estimate of drug-likeness (QED) is 0.739. The molecule has 138 valence electrons. The molecule has 4 heterocycles. The molecule has 26 heavy (non-hydrogen) atoms. The number of rotatable bonds is 5. The van der Waals surface area contributed by atoms with E-state index >= 15 is 0 Å². The molecular weight excluding hydrogens is 336 g/mol. The second kappa shape index (κ2) is 6.87. The fraction of sp³-hybridized carbons (Fsp3) is 0.562. The van der Waals surface area contributed by atoms with Crippen molar-refractivity contribution in [2.45, 2.75) is 31.8 Å². The summed E-state index contributed by atoms with van der Waals surface area (Å²) in [5.41, 5.74) is 0.996. The molecule has 0 spiro atoms. The molecule has 10 nitrogen and oxygen atoms in total. The number of likely N-dealkylation sites (tertiary alicyclic amines) is 1. The highest BCUT2D eigenvalue weighted by molar-refractivity contribution is 6.00. The smallest absolute Gasteiger partial charge is 0.289 e. The van der Waals surface area contributed by atoms with Crippen LogP contribution in [0.1, 0.15) is 29.2 Å². The Labute approximate surface area is 150 Å². The van der Waals surface area contributed by atoms with E-state index in [1.54, 1.807) is 11.9 Å². The van der Waals surface area contributed by atoms with Crippen LogP contribution >= 0.6 is 0 Å². The van der Waals surface area contributed by atoms with Gasteiger partial charge in [0.05, 0.1) is 5.69 Å². The molecule has 0 aliphatic carbocycles. The third kappa shape index (κ3) is 3.19. The summed E-state index contributed by atoms with van der Waals surface area (Å²) < 4.78 is 1.85. The summed E-state index contributed by atoms with van der Waals surface area (Å²) in [6.45, 7) is 3.90. The van der Waals surface area contributed by atoms with E-state index in [0.717, 1.165) is 24.5 Å². The second-order valence-electron chi connectivity index (χ2n) is 6.71. The zero-order valence-electron chi connectivity index (χ0n) is 14.7. The molecule has 1 saturated heterocycles. The Morgan fingerprint density at radius 2 is 2.23 bits per heavy atom. The largest absolute Gasteiger partial charge is 0.337 e. The van der Waals surface area contributed by atoms with E-state index in [0.29, 0.717) is 13.0 Å². The van der Waals surface area contributed by atoms with Crippen LogP contribution in [-0.4, -0.2) is 74.4 Å². The van der Waals surface area contributed by atoms with Crippen molar-refractivity contribution in [1.29, 1.82) is 0 Å². The van der Waals surface area contributed by atoms with Gasteiger partial charge in [-0.05, 0) is 25.9 Å². The van der Waals surface area contributed by atoms with E-state index in [4.69, 9.17) is 0 Å². The third-order valence-corrected chi connectivity index (χ3v) is 4.98. The average molecular weight is 358 g/mol. The topological polar surface area (TPSA) is 112 Å². The molecule has 1 fully saturated rings. The van der Waals surface area contributed by atoms with Gasteiger partial charge in [-0.15, -0.1) is 0 Å². The monoisotopic (exact) mass is 358 g/mol. The summed E-state index contributed by atoms with van der Waals surface area (Å²) in [5, 5.41) is 13.5. The number of anilines is 1. The highest BCUT2D eigenvalue weighted by Crippen LogP contribution is 2.22. The fourth-order valence-corrected chi connectivity index (χ4v) is 3.29. The standard InChI is InChI=1S/C16H22N8O2/c1-22-13-9-11(3-7-23-5-2-6-23)21-24(13)8-4-12(16(22)26)19-15(25)14-17-10-18-20-14/h9-10,12H,2-8H2,1H3,(H,19,25)(H,17,18,20)/t12-/m1/s1. The number of likely N-dealkylation sites (N-methyl/N-ethyl adjacent to an activating group) is 1. The van der Waals surface area contributed by atoms with Crippen LogP contribution in [-0.2, 0) is 17.8 Å². The Kier molecular flexibility index (Phi) is 4.41. The van der Waals surface area contributed by atoms with Gasteiger partial charge in [-0.3, -0.25) is 19.6 Å². The van der Waals surface area contributed by atoms with Gasteiger partial charge in [-0.1, -0.05) is 0 Å². The van der Waals surface area contributed by atoms with E-state index in [2.05, 4.69) is 30.5 Å². The van der Waals surface area contributed by atoms with Crippen LogP contribution in [0, 0.1) is 0 Å². The van der Waals surface area contributed by atoms with Crippen LogP contribution in [0.5, 0.6) is 0 Å². The Hall–Kier alpha value is -2.75. The van der Waals surface area contributed by atoms with Gasteiger partial charge >= 0.3 is 0 Å². The maximum absolute atomic E-state index is 12.8. The number of aryl methyl sites for hydroxylation is 1. The SMILES string of the molecule is CN1C(=O)[C@H](NC(=O)c2ncn[nH]2)CCn2nc(CCN3CCC3)cc21. The Bertz CT molecular complexity index is 795. The number of nitrogens with zero attached hydrogens (tertiary/aromatic N) is 6. The molecular formula is C16H22N8O2. The van der Waals surface area contributed by atoms with E-state index in [1.807, 2.05) is 10.7 Å². The molecule has 0 bridgehead atoms. The molecule has 2 amide bonds. The summed E-state index contributed by atoms with van der Waals surface area (Å²) in [6, 6.07) is 1.35. The van der Waals surface area contributed by atoms with E-state index in [-0.39, 0.29) is 11.7 Å². The molecule has 4 rings (SSSR count). The lowest BCUT2D eigenvalue weighted by atomic mass is 10.2. The first-order valence-electron chi connectivity index (χ1n) is 8.84. The molecule has 0 unspecified atom stereocenters. The molecule has 2 aromatic rings. The van der Waals surface area contributed by atoms with Crippen LogP contribution in [0.2, 0.25) is 0 Å². The molecule has 2 N–H and O–H groups in total. The first kappa shape index (κ1) is 16.7. The number of aromatic nitrogens is 5. The minimum absolute atomic E-state index is 0.0933. The summed E-state index contributed by atoms with van der Waals surface area (Å²) in [6.07, 6.45) is 3.89. The van der Waals surface area contributed by atoms with Crippen molar-refractivity contribution < 1.29 is 9.59 Å². The molecule has 0 saturated carbocycles. The summed E-state index contributed by atoms with van der Waals surface area (Å²) in [5.74, 6) is 0.260. The number of hydrogen-bond donors (Lipinski definition) is 2. The number of carbonyl (C=O) groups is 2. The van der Waals surface area contributed by atoms with E-state index in [9.17, 15) is 9.59 Å². The van der Waals surface area contributed by atoms with Crippen molar-refractivity contribution in [2.24, 2.45) is 0 Å². The van der Waals surface area contributed by atoms with Crippen LogP contribution in [0.25, 0.3) is 0 Å².